The standard InChI is InChI=1S/C13H15N3OS/c1-2-8(1)11-9(3-5-17-11)16-13-12-10(4-6-18-12)14-7-15-13/h4,6-9,11H,1-3,5H2,(H,14,15,16). The molecule has 18 heavy (non-hydrogen) atoms. The summed E-state index contributed by atoms with van der Waals surface area (Å²) >= 11 is 1.69. The van der Waals surface area contributed by atoms with E-state index >= 15 is 0 Å². The topological polar surface area (TPSA) is 47.0 Å². The lowest BCUT2D eigenvalue weighted by molar-refractivity contribution is 0.0898. The van der Waals surface area contributed by atoms with Gasteiger partial charge in [-0.05, 0) is 36.6 Å². The van der Waals surface area contributed by atoms with Crippen LogP contribution in [0.1, 0.15) is 19.3 Å². The molecule has 3 heterocycles. The second kappa shape index (κ2) is 4.17. The monoisotopic (exact) mass is 261 g/mol. The molecular weight excluding hydrogens is 246 g/mol. The zero-order valence-electron chi connectivity index (χ0n) is 10.0. The van der Waals surface area contributed by atoms with Crippen LogP contribution in [0.25, 0.3) is 10.2 Å². The van der Waals surface area contributed by atoms with Crippen molar-refractivity contribution in [2.45, 2.75) is 31.4 Å². The van der Waals surface area contributed by atoms with Crippen LogP contribution in [0.5, 0.6) is 0 Å². The van der Waals surface area contributed by atoms with E-state index in [2.05, 4.69) is 20.7 Å². The molecule has 4 nitrogen and oxygen atoms in total. The second-order valence-corrected chi connectivity index (χ2v) is 5.99. The summed E-state index contributed by atoms with van der Waals surface area (Å²) in [6.07, 6.45) is 5.74. The van der Waals surface area contributed by atoms with Crippen LogP contribution in [0.15, 0.2) is 17.8 Å². The molecule has 2 aromatic heterocycles. The number of nitrogens with zero attached hydrogens (tertiary/aromatic N) is 2. The van der Waals surface area contributed by atoms with Crippen molar-refractivity contribution in [2.24, 2.45) is 5.92 Å². The second-order valence-electron chi connectivity index (χ2n) is 5.07. The SMILES string of the molecule is c1nc(NC2CCOC2C2CC2)c2sccc2n1. The molecule has 1 saturated carbocycles. The average Bonchev–Trinajstić information content (AvgIpc) is 2.93. The summed E-state index contributed by atoms with van der Waals surface area (Å²) in [6.45, 7) is 0.873. The zero-order chi connectivity index (χ0) is 11.9. The van der Waals surface area contributed by atoms with Crippen LogP contribution in [0.4, 0.5) is 5.82 Å². The summed E-state index contributed by atoms with van der Waals surface area (Å²) in [5.74, 6) is 1.74. The third-order valence-corrected chi connectivity index (χ3v) is 4.70. The summed E-state index contributed by atoms with van der Waals surface area (Å²) in [7, 11) is 0. The summed E-state index contributed by atoms with van der Waals surface area (Å²) in [5.41, 5.74) is 1.03. The van der Waals surface area contributed by atoms with Gasteiger partial charge in [-0.25, -0.2) is 9.97 Å². The molecule has 2 fully saturated rings. The molecule has 2 aromatic rings. The van der Waals surface area contributed by atoms with Crippen molar-refractivity contribution < 1.29 is 4.74 Å². The first-order valence-corrected chi connectivity index (χ1v) is 7.36. The van der Waals surface area contributed by atoms with Crippen LogP contribution < -0.4 is 5.32 Å². The quantitative estimate of drug-likeness (QED) is 0.922. The van der Waals surface area contributed by atoms with E-state index in [1.807, 2.05) is 6.07 Å². The van der Waals surface area contributed by atoms with Gasteiger partial charge >= 0.3 is 0 Å². The van der Waals surface area contributed by atoms with Gasteiger partial charge in [-0.1, -0.05) is 0 Å². The van der Waals surface area contributed by atoms with Gasteiger partial charge in [0.1, 0.15) is 12.1 Å². The lowest BCUT2D eigenvalue weighted by Crippen LogP contribution is -2.31. The third-order valence-electron chi connectivity index (χ3n) is 3.79. The van der Waals surface area contributed by atoms with Gasteiger partial charge in [0.15, 0.2) is 0 Å². The third kappa shape index (κ3) is 1.78. The number of aromatic nitrogens is 2. The molecule has 2 atom stereocenters. The smallest absolute Gasteiger partial charge is 0.147 e. The minimum Gasteiger partial charge on any atom is -0.376 e. The Hall–Kier alpha value is -1.20. The molecule has 0 bridgehead atoms. The average molecular weight is 261 g/mol. The fourth-order valence-electron chi connectivity index (χ4n) is 2.72. The number of anilines is 1. The lowest BCUT2D eigenvalue weighted by Gasteiger charge is -2.20. The minimum absolute atomic E-state index is 0.384. The first-order valence-electron chi connectivity index (χ1n) is 6.48. The maximum Gasteiger partial charge on any atom is 0.147 e. The summed E-state index contributed by atoms with van der Waals surface area (Å²) in [5, 5.41) is 5.64. The highest BCUT2D eigenvalue weighted by atomic mass is 32.1. The molecule has 0 radical (unpaired) electrons. The number of hydrogen-bond donors (Lipinski definition) is 1. The van der Waals surface area contributed by atoms with Gasteiger partial charge in [0, 0.05) is 6.61 Å². The Morgan fingerprint density at radius 1 is 1.28 bits per heavy atom. The van der Waals surface area contributed by atoms with E-state index in [1.165, 1.54) is 12.8 Å². The van der Waals surface area contributed by atoms with E-state index < -0.39 is 0 Å². The van der Waals surface area contributed by atoms with Crippen LogP contribution >= 0.6 is 11.3 Å². The van der Waals surface area contributed by atoms with Crippen LogP contribution in [-0.2, 0) is 4.74 Å². The van der Waals surface area contributed by atoms with Crippen LogP contribution in [0.2, 0.25) is 0 Å². The van der Waals surface area contributed by atoms with Gasteiger partial charge in [-0.3, -0.25) is 0 Å². The fourth-order valence-corrected chi connectivity index (χ4v) is 3.52. The Balaban J connectivity index is 1.61. The number of fused-ring (bicyclic) bond motifs is 1. The highest BCUT2D eigenvalue weighted by molar-refractivity contribution is 7.17. The van der Waals surface area contributed by atoms with Gasteiger partial charge in [0.25, 0.3) is 0 Å². The van der Waals surface area contributed by atoms with Crippen LogP contribution in [0, 0.1) is 5.92 Å². The normalized spacial score (nSPS) is 27.8. The first-order chi connectivity index (χ1) is 8.92. The van der Waals surface area contributed by atoms with E-state index in [1.54, 1.807) is 17.7 Å². The number of hydrogen-bond acceptors (Lipinski definition) is 5. The maximum absolute atomic E-state index is 5.85. The van der Waals surface area contributed by atoms with Gasteiger partial charge in [-0.15, -0.1) is 11.3 Å². The van der Waals surface area contributed by atoms with E-state index in [0.717, 1.165) is 35.0 Å². The van der Waals surface area contributed by atoms with Crippen molar-refractivity contribution in [1.82, 2.24) is 9.97 Å². The van der Waals surface area contributed by atoms with Gasteiger partial charge < -0.3 is 10.1 Å². The van der Waals surface area contributed by atoms with Gasteiger partial charge in [0.05, 0.1) is 22.4 Å². The van der Waals surface area contributed by atoms with Crippen LogP contribution in [-0.4, -0.2) is 28.7 Å². The zero-order valence-corrected chi connectivity index (χ0v) is 10.8. The fraction of sp³-hybridized carbons (Fsp3) is 0.538. The molecular formula is C13H15N3OS. The molecule has 0 aromatic carbocycles. The van der Waals surface area contributed by atoms with E-state index in [-0.39, 0.29) is 0 Å². The van der Waals surface area contributed by atoms with Gasteiger partial charge in [0.2, 0.25) is 0 Å². The highest BCUT2D eigenvalue weighted by Gasteiger charge is 2.40. The molecule has 94 valence electrons. The molecule has 5 heteroatoms. The molecule has 1 saturated heterocycles. The number of thiophene rings is 1. The Morgan fingerprint density at radius 2 is 2.22 bits per heavy atom. The first kappa shape index (κ1) is 10.7. The predicted molar refractivity (Wildman–Crippen MR) is 71.9 cm³/mol. The Kier molecular flexibility index (Phi) is 2.48. The van der Waals surface area contributed by atoms with Gasteiger partial charge in [-0.2, -0.15) is 0 Å². The number of rotatable bonds is 3. The molecule has 0 spiro atoms. The van der Waals surface area contributed by atoms with Crippen molar-refractivity contribution in [3.05, 3.63) is 17.8 Å². The van der Waals surface area contributed by atoms with Crippen molar-refractivity contribution in [2.75, 3.05) is 11.9 Å². The summed E-state index contributed by atoms with van der Waals surface area (Å²) in [4.78, 5) is 8.66. The minimum atomic E-state index is 0.384. The summed E-state index contributed by atoms with van der Waals surface area (Å²) < 4.78 is 7.00. The van der Waals surface area contributed by atoms with E-state index in [0.29, 0.717) is 12.1 Å². The Morgan fingerprint density at radius 3 is 3.11 bits per heavy atom. The number of nitrogens with one attached hydrogen (secondary N) is 1. The summed E-state index contributed by atoms with van der Waals surface area (Å²) in [6, 6.07) is 2.45. The lowest BCUT2D eigenvalue weighted by atomic mass is 10.1. The predicted octanol–water partition coefficient (Wildman–Crippen LogP) is 2.67. The molecule has 0 amide bonds. The Bertz CT molecular complexity index is 566. The maximum atomic E-state index is 5.85. The van der Waals surface area contributed by atoms with Crippen molar-refractivity contribution in [3.8, 4) is 0 Å². The van der Waals surface area contributed by atoms with E-state index in [9.17, 15) is 0 Å². The van der Waals surface area contributed by atoms with Crippen molar-refractivity contribution in [1.29, 1.82) is 0 Å². The molecule has 4 rings (SSSR count). The van der Waals surface area contributed by atoms with Crippen molar-refractivity contribution in [3.63, 3.8) is 0 Å². The molecule has 2 unspecified atom stereocenters. The van der Waals surface area contributed by atoms with E-state index in [4.69, 9.17) is 4.74 Å². The molecule has 1 N–H and O–H groups in total. The Labute approximate surface area is 109 Å². The molecule has 1 aliphatic carbocycles. The molecule has 1 aliphatic heterocycles. The van der Waals surface area contributed by atoms with Crippen molar-refractivity contribution >= 4 is 27.4 Å². The molecule has 2 aliphatic rings. The largest absolute Gasteiger partial charge is 0.376 e. The van der Waals surface area contributed by atoms with Crippen LogP contribution in [0.3, 0.4) is 0 Å². The highest BCUT2D eigenvalue weighted by Crippen LogP contribution is 2.40. The number of ether oxygens (including phenoxy) is 1.